The number of anilines is 1. The van der Waals surface area contributed by atoms with Crippen LogP contribution in [0.15, 0.2) is 53.7 Å². The lowest BCUT2D eigenvalue weighted by atomic mass is 10.2. The molecule has 8 nitrogen and oxygen atoms in total. The Morgan fingerprint density at radius 2 is 1.90 bits per heavy atom. The number of para-hydroxylation sites is 1. The highest BCUT2D eigenvalue weighted by molar-refractivity contribution is 8.00. The van der Waals surface area contributed by atoms with Gasteiger partial charge in [-0.25, -0.2) is 9.78 Å². The van der Waals surface area contributed by atoms with Gasteiger partial charge in [-0.05, 0) is 44.2 Å². The van der Waals surface area contributed by atoms with E-state index in [1.807, 2.05) is 24.3 Å². The van der Waals surface area contributed by atoms with Crippen LogP contribution in [0.25, 0.3) is 22.1 Å². The van der Waals surface area contributed by atoms with E-state index in [4.69, 9.17) is 4.74 Å². The number of esters is 1. The molecule has 9 heteroatoms. The van der Waals surface area contributed by atoms with Crippen LogP contribution in [0.3, 0.4) is 0 Å². The van der Waals surface area contributed by atoms with Gasteiger partial charge in [0.05, 0.1) is 17.4 Å². The van der Waals surface area contributed by atoms with Crippen LogP contribution in [0.4, 0.5) is 5.69 Å². The van der Waals surface area contributed by atoms with Crippen molar-refractivity contribution >= 4 is 51.4 Å². The fraction of sp³-hybridized carbons (Fsp3) is 0.190. The summed E-state index contributed by atoms with van der Waals surface area (Å²) in [7, 11) is 0. The average Bonchev–Trinajstić information content (AvgIpc) is 3.12. The summed E-state index contributed by atoms with van der Waals surface area (Å²) in [5, 5.41) is 12.2. The van der Waals surface area contributed by atoms with E-state index in [1.165, 1.54) is 11.8 Å². The first kappa shape index (κ1) is 19.8. The van der Waals surface area contributed by atoms with Gasteiger partial charge in [0, 0.05) is 16.6 Å². The zero-order valence-electron chi connectivity index (χ0n) is 16.4. The minimum absolute atomic E-state index is 0.204. The van der Waals surface area contributed by atoms with Gasteiger partial charge in [0.2, 0.25) is 11.1 Å². The Bertz CT molecular complexity index is 1220. The molecule has 0 saturated heterocycles. The van der Waals surface area contributed by atoms with Gasteiger partial charge in [-0.15, -0.1) is 10.2 Å². The lowest BCUT2D eigenvalue weighted by molar-refractivity contribution is -0.115. The molecule has 152 valence electrons. The van der Waals surface area contributed by atoms with Gasteiger partial charge in [0.1, 0.15) is 5.52 Å². The van der Waals surface area contributed by atoms with E-state index in [0.29, 0.717) is 34.2 Å². The molecule has 1 unspecified atom stereocenters. The number of fused-ring (bicyclic) bond motifs is 3. The first-order valence-corrected chi connectivity index (χ1v) is 10.3. The van der Waals surface area contributed by atoms with Crippen molar-refractivity contribution in [3.63, 3.8) is 0 Å². The summed E-state index contributed by atoms with van der Waals surface area (Å²) < 4.78 is 4.95. The van der Waals surface area contributed by atoms with Crippen molar-refractivity contribution in [3.8, 4) is 0 Å². The van der Waals surface area contributed by atoms with Crippen LogP contribution in [0.5, 0.6) is 0 Å². The number of hydrogen-bond acceptors (Lipinski definition) is 7. The molecule has 0 aliphatic carbocycles. The summed E-state index contributed by atoms with van der Waals surface area (Å²) >= 11 is 1.22. The first-order chi connectivity index (χ1) is 14.5. The normalized spacial score (nSPS) is 12.1. The number of carbonyl (C=O) groups is 2. The highest BCUT2D eigenvalue weighted by Crippen LogP contribution is 2.25. The number of thioether (sulfide) groups is 1. The van der Waals surface area contributed by atoms with Crippen LogP contribution < -0.4 is 5.32 Å². The molecule has 2 heterocycles. The van der Waals surface area contributed by atoms with E-state index in [1.54, 1.807) is 38.1 Å². The van der Waals surface area contributed by atoms with Crippen molar-refractivity contribution in [2.75, 3.05) is 11.9 Å². The summed E-state index contributed by atoms with van der Waals surface area (Å²) in [6.07, 6.45) is 0. The van der Waals surface area contributed by atoms with E-state index >= 15 is 0 Å². The molecule has 1 atom stereocenters. The largest absolute Gasteiger partial charge is 0.462 e. The van der Waals surface area contributed by atoms with Crippen LogP contribution in [-0.4, -0.2) is 43.9 Å². The Kier molecular flexibility index (Phi) is 5.62. The number of H-pyrrole nitrogens is 1. The molecule has 0 aliphatic rings. The van der Waals surface area contributed by atoms with Gasteiger partial charge in [-0.1, -0.05) is 30.0 Å². The van der Waals surface area contributed by atoms with Gasteiger partial charge in [0.25, 0.3) is 0 Å². The zero-order valence-corrected chi connectivity index (χ0v) is 17.2. The van der Waals surface area contributed by atoms with Crippen LogP contribution in [0, 0.1) is 0 Å². The summed E-state index contributed by atoms with van der Waals surface area (Å²) in [5.74, 6) is -0.597. The fourth-order valence-electron chi connectivity index (χ4n) is 2.92. The SMILES string of the molecule is CCOC(=O)c1ccc(NC(=O)C(C)Sc2nnc3c(n2)[nH]c2ccccc23)cc1. The number of ether oxygens (including phenoxy) is 1. The third-order valence-electron chi connectivity index (χ3n) is 4.42. The quantitative estimate of drug-likeness (QED) is 0.360. The Morgan fingerprint density at radius 1 is 1.13 bits per heavy atom. The van der Waals surface area contributed by atoms with Crippen molar-refractivity contribution in [1.29, 1.82) is 0 Å². The molecule has 0 aliphatic heterocycles. The number of benzene rings is 2. The van der Waals surface area contributed by atoms with Gasteiger partial charge in [-0.3, -0.25) is 4.79 Å². The molecule has 0 bridgehead atoms. The number of nitrogens with one attached hydrogen (secondary N) is 2. The average molecular weight is 421 g/mol. The Hall–Kier alpha value is -3.46. The van der Waals surface area contributed by atoms with Crippen molar-refractivity contribution < 1.29 is 14.3 Å². The Labute approximate surface area is 176 Å². The predicted octanol–water partition coefficient (Wildman–Crippen LogP) is 3.80. The summed E-state index contributed by atoms with van der Waals surface area (Å²) in [6, 6.07) is 14.3. The molecular formula is C21H19N5O3S. The second-order valence-electron chi connectivity index (χ2n) is 6.51. The molecule has 4 aromatic rings. The van der Waals surface area contributed by atoms with Crippen molar-refractivity contribution in [3.05, 3.63) is 54.1 Å². The third kappa shape index (κ3) is 4.11. The van der Waals surface area contributed by atoms with Crippen LogP contribution in [0.2, 0.25) is 0 Å². The highest BCUT2D eigenvalue weighted by Gasteiger charge is 2.18. The van der Waals surface area contributed by atoms with Gasteiger partial charge in [-0.2, -0.15) is 0 Å². The smallest absolute Gasteiger partial charge is 0.338 e. The minimum Gasteiger partial charge on any atom is -0.462 e. The number of hydrogen-bond donors (Lipinski definition) is 2. The topological polar surface area (TPSA) is 110 Å². The van der Waals surface area contributed by atoms with Gasteiger partial charge < -0.3 is 15.0 Å². The molecule has 0 saturated carbocycles. The third-order valence-corrected chi connectivity index (χ3v) is 5.37. The Morgan fingerprint density at radius 3 is 2.67 bits per heavy atom. The minimum atomic E-state index is -0.446. The number of nitrogens with zero attached hydrogens (tertiary/aromatic N) is 3. The number of amides is 1. The van der Waals surface area contributed by atoms with E-state index < -0.39 is 11.2 Å². The van der Waals surface area contributed by atoms with E-state index in [-0.39, 0.29) is 5.91 Å². The molecule has 1 amide bonds. The maximum Gasteiger partial charge on any atom is 0.338 e. The highest BCUT2D eigenvalue weighted by atomic mass is 32.2. The molecule has 0 fully saturated rings. The number of aromatic amines is 1. The molecule has 2 aromatic heterocycles. The lowest BCUT2D eigenvalue weighted by Crippen LogP contribution is -2.22. The molecule has 30 heavy (non-hydrogen) atoms. The second-order valence-corrected chi connectivity index (χ2v) is 7.82. The van der Waals surface area contributed by atoms with Gasteiger partial charge >= 0.3 is 5.97 Å². The zero-order chi connectivity index (χ0) is 21.1. The van der Waals surface area contributed by atoms with Crippen molar-refractivity contribution in [2.24, 2.45) is 0 Å². The van der Waals surface area contributed by atoms with E-state index in [0.717, 1.165) is 10.9 Å². The molecule has 0 radical (unpaired) electrons. The molecule has 2 aromatic carbocycles. The molecular weight excluding hydrogens is 402 g/mol. The standard InChI is InChI=1S/C21H19N5O3S/c1-3-29-20(28)13-8-10-14(11-9-13)22-19(27)12(2)30-21-24-18-17(25-26-21)15-6-4-5-7-16(15)23-18/h4-12H,3H2,1-2H3,(H,22,27)(H,23,24,26). The maximum atomic E-state index is 12.5. The summed E-state index contributed by atoms with van der Waals surface area (Å²) in [6.45, 7) is 3.83. The predicted molar refractivity (Wildman–Crippen MR) is 116 cm³/mol. The fourth-order valence-corrected chi connectivity index (χ4v) is 3.63. The Balaban J connectivity index is 1.43. The van der Waals surface area contributed by atoms with E-state index in [2.05, 4.69) is 25.5 Å². The van der Waals surface area contributed by atoms with Crippen LogP contribution in [-0.2, 0) is 9.53 Å². The maximum absolute atomic E-state index is 12.5. The summed E-state index contributed by atoms with van der Waals surface area (Å²) in [4.78, 5) is 32.0. The van der Waals surface area contributed by atoms with Gasteiger partial charge in [0.15, 0.2) is 5.65 Å². The van der Waals surface area contributed by atoms with Crippen molar-refractivity contribution in [2.45, 2.75) is 24.3 Å². The number of aromatic nitrogens is 4. The molecule has 2 N–H and O–H groups in total. The molecule has 4 rings (SSSR count). The summed E-state index contributed by atoms with van der Waals surface area (Å²) in [5.41, 5.74) is 3.30. The van der Waals surface area contributed by atoms with Crippen LogP contribution >= 0.6 is 11.8 Å². The monoisotopic (exact) mass is 421 g/mol. The lowest BCUT2D eigenvalue weighted by Gasteiger charge is -2.11. The number of rotatable bonds is 6. The first-order valence-electron chi connectivity index (χ1n) is 9.41. The second kappa shape index (κ2) is 8.50. The van der Waals surface area contributed by atoms with Crippen LogP contribution in [0.1, 0.15) is 24.2 Å². The van der Waals surface area contributed by atoms with E-state index in [9.17, 15) is 9.59 Å². The molecule has 0 spiro atoms. The number of carbonyl (C=O) groups excluding carboxylic acids is 2. The van der Waals surface area contributed by atoms with Crippen molar-refractivity contribution in [1.82, 2.24) is 20.2 Å².